The van der Waals surface area contributed by atoms with Gasteiger partial charge in [-0.15, -0.1) is 54.1 Å². The summed E-state index contributed by atoms with van der Waals surface area (Å²) in [5, 5.41) is 2.19. The van der Waals surface area contributed by atoms with Gasteiger partial charge in [0.1, 0.15) is 5.58 Å². The molecule has 0 spiro atoms. The summed E-state index contributed by atoms with van der Waals surface area (Å²) in [4.78, 5) is 9.56. The minimum Gasteiger partial charge on any atom is -0.501 e. The van der Waals surface area contributed by atoms with Crippen molar-refractivity contribution in [1.29, 1.82) is 0 Å². The third kappa shape index (κ3) is 8.52. The number of rotatable bonds is 7. The second kappa shape index (κ2) is 17.8. The fraction of sp³-hybridized carbons (Fsp3) is 0.250. The fourth-order valence-corrected chi connectivity index (χ4v) is 8.60. The van der Waals surface area contributed by atoms with Gasteiger partial charge in [-0.1, -0.05) is 131 Å². The summed E-state index contributed by atoms with van der Waals surface area (Å²) in [6, 6.07) is 53.2. The van der Waals surface area contributed by atoms with E-state index in [1.54, 1.807) is 0 Å². The first-order valence-electron chi connectivity index (χ1n) is 22.6. The Morgan fingerprint density at radius 3 is 2.16 bits per heavy atom. The SMILES string of the molecule is [2H]C(C)(C)c1cccc(C([2H])(C)C)c1-n1c(-c2[c-]cccc2)nc2ccccc21.[2H]C1(c2ccc(-c3ccnc(-c4[c-]ccc5c4oc4ccccc45)c3)cc2)CCC(C)(C)CC1.[Ir]. The normalized spacial score (nSPS) is 15.6. The van der Waals surface area contributed by atoms with E-state index in [0.29, 0.717) is 5.41 Å². The smallest absolute Gasteiger partial charge is 0.120 e. The van der Waals surface area contributed by atoms with E-state index in [2.05, 4.69) is 78.0 Å². The number of para-hydroxylation sites is 4. The zero-order chi connectivity index (χ0) is 44.1. The van der Waals surface area contributed by atoms with Crippen LogP contribution >= 0.6 is 0 Å². The van der Waals surface area contributed by atoms with E-state index in [4.69, 9.17) is 13.5 Å². The average molecular weight is 979 g/mol. The molecule has 1 radical (unpaired) electrons. The van der Waals surface area contributed by atoms with Gasteiger partial charge >= 0.3 is 0 Å². The number of hydrogen-bond donors (Lipinski definition) is 0. The van der Waals surface area contributed by atoms with Gasteiger partial charge in [0, 0.05) is 41.5 Å². The van der Waals surface area contributed by atoms with Crippen LogP contribution in [0, 0.1) is 17.5 Å². The maximum atomic E-state index is 9.06. The number of nitrogens with zero attached hydrogens (tertiary/aromatic N) is 3. The molecule has 4 nitrogen and oxygen atoms in total. The molecule has 0 N–H and O–H groups in total. The van der Waals surface area contributed by atoms with E-state index in [-0.39, 0.29) is 20.1 Å². The van der Waals surface area contributed by atoms with Crippen LogP contribution in [0.1, 0.15) is 106 Å². The summed E-state index contributed by atoms with van der Waals surface area (Å²) in [5.41, 5.74) is 12.5. The standard InChI is InChI=1S/C31H28NO.C25H25N2.Ir/c1-31(2)17-14-23(15-18-31)21-10-12-22(13-11-21)24-16-19-32-28(20-24)27-8-5-7-26-25-6-3-4-9-29(25)33-30(26)27;1-17(2)20-13-10-14-21(18(3)4)24(20)27-23-16-9-8-15-22(23)26-25(27)19-11-6-5-7-12-19;/h3-7,9-13,16,19-20,23H,14-15,17-18H2,1-2H3;5-11,13-18H,1-4H3;/q2*-1;/i23D;17D,18D;. The van der Waals surface area contributed by atoms with E-state index in [1.165, 1.54) is 0 Å². The van der Waals surface area contributed by atoms with Gasteiger partial charge < -0.3 is 14.0 Å². The Bertz CT molecular complexity index is 3040. The van der Waals surface area contributed by atoms with Crippen LogP contribution in [0.25, 0.3) is 72.4 Å². The predicted octanol–water partition coefficient (Wildman–Crippen LogP) is 15.5. The zero-order valence-corrected chi connectivity index (χ0v) is 38.2. The number of benzene rings is 6. The van der Waals surface area contributed by atoms with Gasteiger partial charge in [-0.05, 0) is 107 Å². The van der Waals surface area contributed by atoms with Crippen molar-refractivity contribution in [2.75, 3.05) is 0 Å². The molecule has 0 amide bonds. The molecule has 0 bridgehead atoms. The molecule has 0 aliphatic heterocycles. The minimum absolute atomic E-state index is 0. The molecule has 9 aromatic rings. The first-order chi connectivity index (χ1) is 30.1. The average Bonchev–Trinajstić information content (AvgIpc) is 3.86. The molecule has 1 fully saturated rings. The van der Waals surface area contributed by atoms with Crippen molar-refractivity contribution < 1.29 is 28.6 Å². The number of fused-ring (bicyclic) bond motifs is 4. The molecular formula is C56H53IrN3O-2. The van der Waals surface area contributed by atoms with Crippen LogP contribution in [0.5, 0.6) is 0 Å². The number of aromatic nitrogens is 3. The first-order valence-corrected chi connectivity index (χ1v) is 21.1. The van der Waals surface area contributed by atoms with Crippen molar-refractivity contribution in [2.24, 2.45) is 5.41 Å². The quantitative estimate of drug-likeness (QED) is 0.150. The topological polar surface area (TPSA) is 43.9 Å². The van der Waals surface area contributed by atoms with Crippen molar-refractivity contribution in [2.45, 2.75) is 84.9 Å². The first kappa shape index (κ1) is 38.3. The molecule has 1 aliphatic carbocycles. The van der Waals surface area contributed by atoms with E-state index in [9.17, 15) is 0 Å². The maximum absolute atomic E-state index is 9.06. The van der Waals surface area contributed by atoms with Crippen LogP contribution in [-0.4, -0.2) is 14.5 Å². The van der Waals surface area contributed by atoms with Crippen molar-refractivity contribution in [3.05, 3.63) is 175 Å². The van der Waals surface area contributed by atoms with E-state index in [1.807, 2.05) is 131 Å². The summed E-state index contributed by atoms with van der Waals surface area (Å²) < 4.78 is 35.0. The molecule has 5 heteroatoms. The largest absolute Gasteiger partial charge is 0.501 e. The maximum Gasteiger partial charge on any atom is 0.120 e. The van der Waals surface area contributed by atoms with E-state index >= 15 is 0 Å². The monoisotopic (exact) mass is 979 g/mol. The molecule has 0 unspecified atom stereocenters. The number of imidazole rings is 1. The van der Waals surface area contributed by atoms with Gasteiger partial charge in [0.05, 0.1) is 22.4 Å². The molecule has 0 atom stereocenters. The molecule has 1 aliphatic rings. The number of furan rings is 1. The van der Waals surface area contributed by atoms with Crippen molar-refractivity contribution in [3.63, 3.8) is 0 Å². The Morgan fingerprint density at radius 1 is 0.738 bits per heavy atom. The predicted molar refractivity (Wildman–Crippen MR) is 250 cm³/mol. The van der Waals surface area contributed by atoms with Gasteiger partial charge in [-0.2, -0.15) is 0 Å². The minimum atomic E-state index is -0.834. The third-order valence-electron chi connectivity index (χ3n) is 12.0. The molecule has 6 aromatic carbocycles. The summed E-state index contributed by atoms with van der Waals surface area (Å²) in [6.45, 7) is 12.2. The molecule has 3 heterocycles. The fourth-order valence-electron chi connectivity index (χ4n) is 8.60. The van der Waals surface area contributed by atoms with Crippen LogP contribution in [0.15, 0.2) is 150 Å². The summed E-state index contributed by atoms with van der Waals surface area (Å²) in [5.74, 6) is -1.36. The molecule has 0 saturated heterocycles. The Hall–Kier alpha value is -5.61. The third-order valence-corrected chi connectivity index (χ3v) is 12.0. The molecular weight excluding hydrogens is 923 g/mol. The summed E-state index contributed by atoms with van der Waals surface area (Å²) in [7, 11) is 0. The van der Waals surface area contributed by atoms with Crippen molar-refractivity contribution in [3.8, 4) is 39.5 Å². The van der Waals surface area contributed by atoms with Gasteiger partial charge in [0.15, 0.2) is 0 Å². The molecule has 61 heavy (non-hydrogen) atoms. The Balaban J connectivity index is 0.000000175. The number of hydrogen-bond acceptors (Lipinski definition) is 3. The summed E-state index contributed by atoms with van der Waals surface area (Å²) in [6.07, 6.45) is 5.92. The van der Waals surface area contributed by atoms with Gasteiger partial charge in [0.2, 0.25) is 0 Å². The van der Waals surface area contributed by atoms with Crippen molar-refractivity contribution >= 4 is 33.0 Å². The van der Waals surface area contributed by atoms with Crippen LogP contribution < -0.4 is 0 Å². The second-order valence-electron chi connectivity index (χ2n) is 17.2. The Morgan fingerprint density at radius 2 is 1.44 bits per heavy atom. The molecule has 10 rings (SSSR count). The van der Waals surface area contributed by atoms with Crippen LogP contribution in [0.4, 0.5) is 0 Å². The van der Waals surface area contributed by atoms with Crippen molar-refractivity contribution in [1.82, 2.24) is 14.5 Å². The van der Waals surface area contributed by atoms with E-state index < -0.39 is 17.7 Å². The Kier molecular flexibility index (Phi) is 11.2. The van der Waals surface area contributed by atoms with Gasteiger partial charge in [0.25, 0.3) is 0 Å². The van der Waals surface area contributed by atoms with Crippen LogP contribution in [0.2, 0.25) is 0 Å². The van der Waals surface area contributed by atoms with Crippen LogP contribution in [-0.2, 0) is 20.1 Å². The summed E-state index contributed by atoms with van der Waals surface area (Å²) >= 11 is 0. The zero-order valence-electron chi connectivity index (χ0n) is 38.8. The molecule has 3 aromatic heterocycles. The van der Waals surface area contributed by atoms with Gasteiger partial charge in [-0.25, -0.2) is 0 Å². The Labute approximate surface area is 378 Å². The van der Waals surface area contributed by atoms with Crippen LogP contribution in [0.3, 0.4) is 0 Å². The second-order valence-corrected chi connectivity index (χ2v) is 17.2. The number of pyridine rings is 1. The molecule has 1 saturated carbocycles. The van der Waals surface area contributed by atoms with Gasteiger partial charge in [-0.3, -0.25) is 4.98 Å². The molecule has 309 valence electrons. The van der Waals surface area contributed by atoms with E-state index in [0.717, 1.165) is 115 Å².